The van der Waals surface area contributed by atoms with Crippen molar-refractivity contribution in [3.8, 4) is 34.1 Å². The average Bonchev–Trinajstić information content (AvgIpc) is 3.61. The minimum Gasteiger partial charge on any atom is -0.454 e. The van der Waals surface area contributed by atoms with Crippen LogP contribution in [0.15, 0.2) is 36.4 Å². The minimum absolute atomic E-state index is 0.0739. The van der Waals surface area contributed by atoms with Gasteiger partial charge in [0.05, 0.1) is 13.2 Å². The van der Waals surface area contributed by atoms with Crippen LogP contribution in [0.5, 0.6) is 23.0 Å². The summed E-state index contributed by atoms with van der Waals surface area (Å²) in [7, 11) is 0. The van der Waals surface area contributed by atoms with E-state index in [1.807, 2.05) is 41.3 Å². The van der Waals surface area contributed by atoms with E-state index in [1.54, 1.807) is 0 Å². The summed E-state index contributed by atoms with van der Waals surface area (Å²) in [6, 6.07) is 11.9. The predicted molar refractivity (Wildman–Crippen MR) is 124 cm³/mol. The van der Waals surface area contributed by atoms with Crippen molar-refractivity contribution in [3.05, 3.63) is 47.5 Å². The summed E-state index contributed by atoms with van der Waals surface area (Å²) in [5, 5.41) is 1.93. The zero-order chi connectivity index (χ0) is 22.6. The molecule has 34 heavy (non-hydrogen) atoms. The summed E-state index contributed by atoms with van der Waals surface area (Å²) < 4.78 is 28.2. The molecule has 1 fully saturated rings. The number of morpholine rings is 1. The number of ether oxygens (including phenoxy) is 5. The van der Waals surface area contributed by atoms with Crippen molar-refractivity contribution in [2.45, 2.75) is 6.54 Å². The zero-order valence-electron chi connectivity index (χ0n) is 18.7. The molecule has 0 bridgehead atoms. The molecule has 0 aliphatic carbocycles. The first kappa shape index (κ1) is 19.9. The Bertz CT molecular complexity index is 1320. The molecule has 4 aliphatic rings. The third-order valence-corrected chi connectivity index (χ3v) is 7.07. The van der Waals surface area contributed by atoms with Crippen LogP contribution in [0.2, 0.25) is 0 Å². The van der Waals surface area contributed by atoms with E-state index in [4.69, 9.17) is 23.7 Å². The van der Waals surface area contributed by atoms with Gasteiger partial charge >= 0.3 is 0 Å². The number of nitrogens with zero attached hydrogens (tertiary/aromatic N) is 2. The summed E-state index contributed by atoms with van der Waals surface area (Å²) in [5.41, 5.74) is 3.73. The summed E-state index contributed by atoms with van der Waals surface area (Å²) in [4.78, 5) is 17.8. The van der Waals surface area contributed by atoms with Crippen molar-refractivity contribution in [2.24, 2.45) is 0 Å². The van der Waals surface area contributed by atoms with Crippen LogP contribution in [0.3, 0.4) is 0 Å². The second-order valence-electron chi connectivity index (χ2n) is 8.92. The quantitative estimate of drug-likeness (QED) is 0.592. The molecule has 0 spiro atoms. The number of benzene rings is 3. The maximum atomic E-state index is 13.5. The second kappa shape index (κ2) is 7.78. The van der Waals surface area contributed by atoms with Gasteiger partial charge in [0, 0.05) is 43.7 Å². The highest BCUT2D eigenvalue weighted by atomic mass is 16.7. The monoisotopic (exact) mass is 460 g/mol. The van der Waals surface area contributed by atoms with Crippen LogP contribution in [0.4, 0.5) is 0 Å². The van der Waals surface area contributed by atoms with Gasteiger partial charge < -0.3 is 28.6 Å². The summed E-state index contributed by atoms with van der Waals surface area (Å²) in [5.74, 6) is 2.97. The van der Waals surface area contributed by atoms with E-state index in [1.165, 1.54) is 0 Å². The molecule has 3 aromatic carbocycles. The number of carbonyl (C=O) groups excluding carboxylic acids is 1. The molecule has 7 rings (SSSR count). The van der Waals surface area contributed by atoms with Gasteiger partial charge in [-0.1, -0.05) is 12.1 Å². The SMILES string of the molecule is O=C1c2cc3ccc4c(c3c(-c3ccc5c(c3)OCO5)c2CN1CCN1CCOCC1)OCO4. The van der Waals surface area contributed by atoms with Gasteiger partial charge in [-0.15, -0.1) is 0 Å². The zero-order valence-corrected chi connectivity index (χ0v) is 18.7. The second-order valence-corrected chi connectivity index (χ2v) is 8.92. The smallest absolute Gasteiger partial charge is 0.254 e. The number of amides is 1. The third kappa shape index (κ3) is 3.09. The molecule has 1 amide bonds. The molecule has 0 N–H and O–H groups in total. The minimum atomic E-state index is 0.0739. The van der Waals surface area contributed by atoms with Crippen molar-refractivity contribution in [2.75, 3.05) is 53.0 Å². The fraction of sp³-hybridized carbons (Fsp3) is 0.346. The summed E-state index contributed by atoms with van der Waals surface area (Å²) in [6.07, 6.45) is 0. The van der Waals surface area contributed by atoms with Crippen molar-refractivity contribution >= 4 is 16.7 Å². The normalized spacial score (nSPS) is 18.7. The Kier molecular flexibility index (Phi) is 4.56. The molecular weight excluding hydrogens is 436 g/mol. The fourth-order valence-corrected chi connectivity index (χ4v) is 5.32. The highest BCUT2D eigenvalue weighted by Gasteiger charge is 2.34. The number of carbonyl (C=O) groups is 1. The Balaban J connectivity index is 1.34. The lowest BCUT2D eigenvalue weighted by Crippen LogP contribution is -2.41. The van der Waals surface area contributed by atoms with Crippen LogP contribution in [-0.4, -0.2) is 68.7 Å². The predicted octanol–water partition coefficient (Wildman–Crippen LogP) is 3.25. The molecule has 8 heteroatoms. The summed E-state index contributed by atoms with van der Waals surface area (Å²) >= 11 is 0. The average molecular weight is 460 g/mol. The fourth-order valence-electron chi connectivity index (χ4n) is 5.32. The molecule has 0 atom stereocenters. The van der Waals surface area contributed by atoms with Gasteiger partial charge in [0.15, 0.2) is 23.0 Å². The number of hydrogen-bond acceptors (Lipinski definition) is 7. The van der Waals surface area contributed by atoms with Crippen LogP contribution >= 0.6 is 0 Å². The number of fused-ring (bicyclic) bond motifs is 5. The van der Waals surface area contributed by atoms with Gasteiger partial charge in [0.25, 0.3) is 5.91 Å². The molecule has 0 unspecified atom stereocenters. The van der Waals surface area contributed by atoms with E-state index in [9.17, 15) is 4.79 Å². The van der Waals surface area contributed by atoms with E-state index in [2.05, 4.69) is 4.90 Å². The number of rotatable bonds is 4. The molecule has 174 valence electrons. The summed E-state index contributed by atoms with van der Waals surface area (Å²) in [6.45, 7) is 5.81. The van der Waals surface area contributed by atoms with Crippen LogP contribution < -0.4 is 18.9 Å². The highest BCUT2D eigenvalue weighted by Crippen LogP contribution is 2.49. The lowest BCUT2D eigenvalue weighted by Gasteiger charge is -2.28. The highest BCUT2D eigenvalue weighted by molar-refractivity contribution is 6.11. The molecule has 1 saturated heterocycles. The van der Waals surface area contributed by atoms with Gasteiger partial charge in [0.1, 0.15) is 0 Å². The molecule has 0 radical (unpaired) electrons. The Hall–Kier alpha value is -3.49. The third-order valence-electron chi connectivity index (χ3n) is 7.07. The van der Waals surface area contributed by atoms with E-state index >= 15 is 0 Å². The van der Waals surface area contributed by atoms with Gasteiger partial charge in [-0.3, -0.25) is 9.69 Å². The maximum Gasteiger partial charge on any atom is 0.254 e. The van der Waals surface area contributed by atoms with Gasteiger partial charge in [-0.25, -0.2) is 0 Å². The van der Waals surface area contributed by atoms with E-state index < -0.39 is 0 Å². The van der Waals surface area contributed by atoms with Crippen LogP contribution in [0.1, 0.15) is 15.9 Å². The van der Waals surface area contributed by atoms with Gasteiger partial charge in [-0.2, -0.15) is 0 Å². The van der Waals surface area contributed by atoms with Crippen LogP contribution in [0.25, 0.3) is 21.9 Å². The largest absolute Gasteiger partial charge is 0.454 e. The van der Waals surface area contributed by atoms with Crippen LogP contribution in [-0.2, 0) is 11.3 Å². The maximum absolute atomic E-state index is 13.5. The van der Waals surface area contributed by atoms with Gasteiger partial charge in [-0.05, 0) is 46.3 Å². The van der Waals surface area contributed by atoms with Crippen LogP contribution in [0, 0.1) is 0 Å². The molecule has 8 nitrogen and oxygen atoms in total. The topological polar surface area (TPSA) is 69.7 Å². The lowest BCUT2D eigenvalue weighted by atomic mass is 9.90. The Morgan fingerprint density at radius 2 is 1.62 bits per heavy atom. The molecule has 0 saturated carbocycles. The molecule has 3 aromatic rings. The molecular formula is C26H24N2O6. The standard InChI is InChI=1S/C26H24N2O6/c29-26-18-11-16-2-4-21-25(34-15-32-21)24(16)23(17-1-3-20-22(12-17)33-14-31-20)19(18)13-28(26)6-5-27-7-9-30-10-8-27/h1-4,11-12H,5-10,13-15H2. The van der Waals surface area contributed by atoms with E-state index in [0.29, 0.717) is 18.8 Å². The molecule has 4 heterocycles. The Morgan fingerprint density at radius 3 is 2.53 bits per heavy atom. The van der Waals surface area contributed by atoms with Crippen molar-refractivity contribution in [3.63, 3.8) is 0 Å². The first-order chi connectivity index (χ1) is 16.8. The first-order valence-electron chi connectivity index (χ1n) is 11.6. The lowest BCUT2D eigenvalue weighted by molar-refractivity contribution is 0.0328. The molecule has 0 aromatic heterocycles. The van der Waals surface area contributed by atoms with E-state index in [-0.39, 0.29) is 19.5 Å². The van der Waals surface area contributed by atoms with Crippen molar-refractivity contribution in [1.29, 1.82) is 0 Å². The number of hydrogen-bond donors (Lipinski definition) is 0. The molecule has 4 aliphatic heterocycles. The van der Waals surface area contributed by atoms with Crippen molar-refractivity contribution < 1.29 is 28.5 Å². The van der Waals surface area contributed by atoms with E-state index in [0.717, 1.165) is 83.1 Å². The first-order valence-corrected chi connectivity index (χ1v) is 11.6. The van der Waals surface area contributed by atoms with Crippen molar-refractivity contribution in [1.82, 2.24) is 9.80 Å². The Labute approximate surface area is 196 Å². The van der Waals surface area contributed by atoms with Gasteiger partial charge in [0.2, 0.25) is 13.6 Å². The Morgan fingerprint density at radius 1 is 0.824 bits per heavy atom.